The summed E-state index contributed by atoms with van der Waals surface area (Å²) in [6.45, 7) is 6.03. The van der Waals surface area contributed by atoms with Crippen molar-refractivity contribution in [2.75, 3.05) is 0 Å². The number of pyridine rings is 1. The average molecular weight is 309 g/mol. The van der Waals surface area contributed by atoms with Gasteiger partial charge in [0.05, 0.1) is 0 Å². The summed E-state index contributed by atoms with van der Waals surface area (Å²) >= 11 is 6.22. The van der Waals surface area contributed by atoms with Gasteiger partial charge in [-0.15, -0.1) is 0 Å². The monoisotopic (exact) mass is 308 g/mol. The lowest BCUT2D eigenvalue weighted by Gasteiger charge is -2.14. The average Bonchev–Trinajstić information content (AvgIpc) is 2.43. The molecule has 1 aromatic heterocycles. The third-order valence-corrected chi connectivity index (χ3v) is 3.61. The van der Waals surface area contributed by atoms with Crippen molar-refractivity contribution >= 4 is 11.6 Å². The summed E-state index contributed by atoms with van der Waals surface area (Å²) in [5, 5.41) is 0.680. The second-order valence-electron chi connectivity index (χ2n) is 5.19. The molecule has 0 unspecified atom stereocenters. The van der Waals surface area contributed by atoms with Crippen molar-refractivity contribution < 1.29 is 9.13 Å². The fraction of sp³-hybridized carbons (Fsp3) is 0.312. The molecule has 0 saturated carbocycles. The van der Waals surface area contributed by atoms with Gasteiger partial charge < -0.3 is 10.5 Å². The maximum absolute atomic E-state index is 14.1. The highest BCUT2D eigenvalue weighted by molar-refractivity contribution is 6.31. The fourth-order valence-corrected chi connectivity index (χ4v) is 2.45. The lowest BCUT2D eigenvalue weighted by molar-refractivity contribution is 0.416. The molecule has 0 spiro atoms. The molecule has 0 amide bonds. The summed E-state index contributed by atoms with van der Waals surface area (Å²) in [6.07, 6.45) is 1.48. The van der Waals surface area contributed by atoms with Gasteiger partial charge in [0.2, 0.25) is 0 Å². The Bertz CT molecular complexity index is 659. The molecule has 2 rings (SSSR count). The van der Waals surface area contributed by atoms with E-state index >= 15 is 0 Å². The summed E-state index contributed by atoms with van der Waals surface area (Å²) in [6, 6.07) is 5.19. The van der Waals surface area contributed by atoms with Crippen LogP contribution in [0.3, 0.4) is 0 Å². The SMILES string of the molecule is Cc1cc(Cl)c(C(C)C)cc1Oc1nccc(CN)c1F. The number of ether oxygens (including phenoxy) is 1. The fourth-order valence-electron chi connectivity index (χ4n) is 2.02. The lowest BCUT2D eigenvalue weighted by Crippen LogP contribution is -2.03. The Kier molecular flexibility index (Phi) is 4.80. The maximum atomic E-state index is 14.1. The topological polar surface area (TPSA) is 48.1 Å². The Balaban J connectivity index is 2.42. The summed E-state index contributed by atoms with van der Waals surface area (Å²) in [7, 11) is 0. The van der Waals surface area contributed by atoms with Crippen LogP contribution < -0.4 is 10.5 Å². The molecule has 21 heavy (non-hydrogen) atoms. The molecule has 0 fully saturated rings. The van der Waals surface area contributed by atoms with Crippen LogP contribution in [-0.4, -0.2) is 4.98 Å². The van der Waals surface area contributed by atoms with Crippen molar-refractivity contribution in [2.45, 2.75) is 33.2 Å². The number of rotatable bonds is 4. The van der Waals surface area contributed by atoms with Gasteiger partial charge in [0, 0.05) is 23.3 Å². The van der Waals surface area contributed by atoms with E-state index < -0.39 is 5.82 Å². The van der Waals surface area contributed by atoms with E-state index in [2.05, 4.69) is 4.98 Å². The van der Waals surface area contributed by atoms with E-state index in [1.54, 1.807) is 0 Å². The first-order valence-corrected chi connectivity index (χ1v) is 7.13. The van der Waals surface area contributed by atoms with E-state index in [1.165, 1.54) is 12.3 Å². The second-order valence-corrected chi connectivity index (χ2v) is 5.60. The molecular weight excluding hydrogens is 291 g/mol. The van der Waals surface area contributed by atoms with Crippen LogP contribution in [-0.2, 0) is 6.54 Å². The minimum Gasteiger partial charge on any atom is -0.436 e. The Morgan fingerprint density at radius 1 is 1.38 bits per heavy atom. The maximum Gasteiger partial charge on any atom is 0.256 e. The van der Waals surface area contributed by atoms with Gasteiger partial charge in [0.25, 0.3) is 5.88 Å². The quantitative estimate of drug-likeness (QED) is 0.901. The van der Waals surface area contributed by atoms with Gasteiger partial charge in [-0.25, -0.2) is 9.37 Å². The van der Waals surface area contributed by atoms with Crippen molar-refractivity contribution in [3.8, 4) is 11.6 Å². The second kappa shape index (κ2) is 6.41. The first-order valence-electron chi connectivity index (χ1n) is 6.75. The molecule has 0 aliphatic carbocycles. The molecule has 0 radical (unpaired) electrons. The molecule has 0 atom stereocenters. The molecule has 0 bridgehead atoms. The molecule has 112 valence electrons. The van der Waals surface area contributed by atoms with Crippen LogP contribution in [0, 0.1) is 12.7 Å². The van der Waals surface area contributed by atoms with Crippen LogP contribution in [0.4, 0.5) is 4.39 Å². The van der Waals surface area contributed by atoms with Gasteiger partial charge in [-0.1, -0.05) is 25.4 Å². The number of aryl methyl sites for hydroxylation is 1. The minimum atomic E-state index is -0.527. The van der Waals surface area contributed by atoms with Gasteiger partial charge >= 0.3 is 0 Å². The predicted molar refractivity (Wildman–Crippen MR) is 82.4 cm³/mol. The summed E-state index contributed by atoms with van der Waals surface area (Å²) < 4.78 is 19.8. The summed E-state index contributed by atoms with van der Waals surface area (Å²) in [4.78, 5) is 3.93. The number of benzene rings is 1. The van der Waals surface area contributed by atoms with Crippen LogP contribution in [0.5, 0.6) is 11.6 Å². The van der Waals surface area contributed by atoms with Crippen molar-refractivity contribution in [3.05, 3.63) is 51.9 Å². The minimum absolute atomic E-state index is 0.0712. The number of hydrogen-bond donors (Lipinski definition) is 1. The molecule has 2 N–H and O–H groups in total. The van der Waals surface area contributed by atoms with Crippen LogP contribution in [0.15, 0.2) is 24.4 Å². The van der Waals surface area contributed by atoms with Gasteiger partial charge in [0.1, 0.15) is 5.75 Å². The van der Waals surface area contributed by atoms with E-state index in [0.717, 1.165) is 11.1 Å². The molecule has 0 aliphatic heterocycles. The zero-order chi connectivity index (χ0) is 15.6. The van der Waals surface area contributed by atoms with E-state index in [-0.39, 0.29) is 18.3 Å². The van der Waals surface area contributed by atoms with Crippen molar-refractivity contribution in [1.82, 2.24) is 4.98 Å². The normalized spacial score (nSPS) is 11.0. The molecule has 2 aromatic rings. The molecule has 1 heterocycles. The Hall–Kier alpha value is -1.65. The number of halogens is 2. The third kappa shape index (κ3) is 3.34. The molecule has 3 nitrogen and oxygen atoms in total. The van der Waals surface area contributed by atoms with Crippen molar-refractivity contribution in [1.29, 1.82) is 0 Å². The molecule has 5 heteroatoms. The number of hydrogen-bond acceptors (Lipinski definition) is 3. The Labute approximate surface area is 128 Å². The summed E-state index contributed by atoms with van der Waals surface area (Å²) in [5.74, 6) is 0.191. The first-order chi connectivity index (χ1) is 9.93. The predicted octanol–water partition coefficient (Wildman–Crippen LogP) is 4.56. The number of aromatic nitrogens is 1. The van der Waals surface area contributed by atoms with Crippen LogP contribution in [0.2, 0.25) is 5.02 Å². The molecule has 0 saturated heterocycles. The van der Waals surface area contributed by atoms with Crippen molar-refractivity contribution in [2.24, 2.45) is 5.73 Å². The van der Waals surface area contributed by atoms with Gasteiger partial charge in [0.15, 0.2) is 5.82 Å². The zero-order valence-electron chi connectivity index (χ0n) is 12.3. The van der Waals surface area contributed by atoms with E-state index in [9.17, 15) is 4.39 Å². The number of nitrogens with two attached hydrogens (primary N) is 1. The summed E-state index contributed by atoms with van der Waals surface area (Å²) in [5.41, 5.74) is 7.63. The van der Waals surface area contributed by atoms with Crippen LogP contribution in [0.25, 0.3) is 0 Å². The third-order valence-electron chi connectivity index (χ3n) is 3.28. The van der Waals surface area contributed by atoms with E-state index in [0.29, 0.717) is 16.3 Å². The Morgan fingerprint density at radius 2 is 2.10 bits per heavy atom. The van der Waals surface area contributed by atoms with Crippen LogP contribution in [0.1, 0.15) is 36.5 Å². The standard InChI is InChI=1S/C16H18ClFN2O/c1-9(2)12-7-14(10(3)6-13(12)17)21-16-15(18)11(8-19)4-5-20-16/h4-7,9H,8,19H2,1-3H3. The number of nitrogens with zero attached hydrogens (tertiary/aromatic N) is 1. The highest BCUT2D eigenvalue weighted by Crippen LogP contribution is 2.34. The van der Waals surface area contributed by atoms with Gasteiger partial charge in [-0.05, 0) is 42.2 Å². The zero-order valence-corrected chi connectivity index (χ0v) is 13.0. The largest absolute Gasteiger partial charge is 0.436 e. The van der Waals surface area contributed by atoms with Crippen LogP contribution >= 0.6 is 11.6 Å². The highest BCUT2D eigenvalue weighted by atomic mass is 35.5. The smallest absolute Gasteiger partial charge is 0.256 e. The molecule has 0 aliphatic rings. The van der Waals surface area contributed by atoms with Gasteiger partial charge in [-0.2, -0.15) is 0 Å². The lowest BCUT2D eigenvalue weighted by atomic mass is 10.0. The highest BCUT2D eigenvalue weighted by Gasteiger charge is 2.15. The molecular formula is C16H18ClFN2O. The van der Waals surface area contributed by atoms with E-state index in [4.69, 9.17) is 22.1 Å². The van der Waals surface area contributed by atoms with E-state index in [1.807, 2.05) is 32.9 Å². The van der Waals surface area contributed by atoms with Gasteiger partial charge in [-0.3, -0.25) is 0 Å². The molecule has 1 aromatic carbocycles. The first kappa shape index (κ1) is 15.7. The Morgan fingerprint density at radius 3 is 2.71 bits per heavy atom. The van der Waals surface area contributed by atoms with Crippen molar-refractivity contribution in [3.63, 3.8) is 0 Å².